The molecule has 3 heteroatoms. The van der Waals surface area contributed by atoms with Crippen LogP contribution in [-0.4, -0.2) is 11.5 Å². The fourth-order valence-electron chi connectivity index (χ4n) is 5.47. The molecule has 1 atom stereocenters. The number of fused-ring (bicyclic) bond motifs is 2. The van der Waals surface area contributed by atoms with Gasteiger partial charge in [-0.2, -0.15) is 0 Å². The second kappa shape index (κ2) is 7.99. The predicted molar refractivity (Wildman–Crippen MR) is 141 cm³/mol. The molecule has 2 aliphatic rings. The van der Waals surface area contributed by atoms with Gasteiger partial charge < -0.3 is 9.64 Å². The summed E-state index contributed by atoms with van der Waals surface area (Å²) >= 11 is 0. The molecule has 3 nitrogen and oxygen atoms in total. The summed E-state index contributed by atoms with van der Waals surface area (Å²) in [6, 6.07) is 34.2. The third-order valence-corrected chi connectivity index (χ3v) is 7.41. The van der Waals surface area contributed by atoms with Gasteiger partial charge in [0.25, 0.3) is 0 Å². The average Bonchev–Trinajstić information content (AvgIpc) is 3.08. The largest absolute Gasteiger partial charge is 0.463 e. The average molecular weight is 458 g/mol. The van der Waals surface area contributed by atoms with E-state index in [0.717, 1.165) is 17.9 Å². The molecule has 35 heavy (non-hydrogen) atoms. The van der Waals surface area contributed by atoms with Crippen LogP contribution in [0.3, 0.4) is 0 Å². The highest BCUT2D eigenvalue weighted by Gasteiger charge is 2.58. The Morgan fingerprint density at radius 1 is 0.800 bits per heavy atom. The number of benzene rings is 4. The van der Waals surface area contributed by atoms with Crippen molar-refractivity contribution in [1.29, 1.82) is 0 Å². The predicted octanol–water partition coefficient (Wildman–Crippen LogP) is 7.02. The number of para-hydroxylation sites is 1. The first kappa shape index (κ1) is 21.4. The fourth-order valence-corrected chi connectivity index (χ4v) is 5.47. The number of carbonyl (C=O) groups is 1. The highest BCUT2D eigenvalue weighted by molar-refractivity contribution is 6.09. The lowest BCUT2D eigenvalue weighted by Gasteiger charge is -2.47. The molecule has 0 N–H and O–H groups in total. The number of hydrogen-bond acceptors (Lipinski definition) is 3. The van der Waals surface area contributed by atoms with Gasteiger partial charge in [-0.1, -0.05) is 78.9 Å². The summed E-state index contributed by atoms with van der Waals surface area (Å²) in [5, 5.41) is 0. The summed E-state index contributed by atoms with van der Waals surface area (Å²) in [7, 11) is 0. The summed E-state index contributed by atoms with van der Waals surface area (Å²) in [5.41, 5.74) is 4.95. The monoisotopic (exact) mass is 457 g/mol. The van der Waals surface area contributed by atoms with Crippen molar-refractivity contribution in [3.8, 4) is 5.75 Å². The van der Waals surface area contributed by atoms with Gasteiger partial charge in [0.1, 0.15) is 5.75 Å². The molecule has 4 aromatic rings. The molecular weight excluding hydrogens is 430 g/mol. The zero-order chi connectivity index (χ0) is 24.0. The molecule has 172 valence electrons. The lowest BCUT2D eigenvalue weighted by Crippen LogP contribution is -2.59. The number of nitrogens with zero attached hydrogens (tertiary/aromatic N) is 1. The Morgan fingerprint density at radius 3 is 2.26 bits per heavy atom. The van der Waals surface area contributed by atoms with Crippen LogP contribution in [0.1, 0.15) is 46.5 Å². The standard InChI is InChI=1S/C32H27NO2/c1-31(2)27-15-9-10-16-28(27)33(22-23-11-5-3-6-12-23)32(31)20-19-25-21-26(17-18-29(25)35-32)30(34)24-13-7-4-8-14-24/h3-21H,22H2,1-2H3. The van der Waals surface area contributed by atoms with Gasteiger partial charge >= 0.3 is 0 Å². The maximum Gasteiger partial charge on any atom is 0.212 e. The van der Waals surface area contributed by atoms with Crippen LogP contribution in [0.4, 0.5) is 5.69 Å². The van der Waals surface area contributed by atoms with Gasteiger partial charge in [-0.3, -0.25) is 4.79 Å². The molecule has 2 aliphatic heterocycles. The maximum atomic E-state index is 13.0. The molecule has 0 saturated carbocycles. The molecule has 0 amide bonds. The zero-order valence-electron chi connectivity index (χ0n) is 19.9. The first-order valence-corrected chi connectivity index (χ1v) is 12.0. The van der Waals surface area contributed by atoms with Crippen molar-refractivity contribution in [2.24, 2.45) is 0 Å². The third-order valence-electron chi connectivity index (χ3n) is 7.41. The third kappa shape index (κ3) is 3.30. The van der Waals surface area contributed by atoms with Crippen molar-refractivity contribution < 1.29 is 9.53 Å². The van der Waals surface area contributed by atoms with Crippen molar-refractivity contribution >= 4 is 17.5 Å². The Kier molecular flexibility index (Phi) is 4.89. The Bertz CT molecular complexity index is 1440. The van der Waals surface area contributed by atoms with E-state index in [1.807, 2.05) is 54.6 Å². The molecule has 0 radical (unpaired) electrons. The summed E-state index contributed by atoms with van der Waals surface area (Å²) in [5.74, 6) is 0.803. The van der Waals surface area contributed by atoms with E-state index in [2.05, 4.69) is 79.4 Å². The van der Waals surface area contributed by atoms with Crippen molar-refractivity contribution in [3.05, 3.63) is 137 Å². The molecule has 0 bridgehead atoms. The van der Waals surface area contributed by atoms with E-state index in [-0.39, 0.29) is 11.2 Å². The second-order valence-electron chi connectivity index (χ2n) is 9.79. The lowest BCUT2D eigenvalue weighted by molar-refractivity contribution is 0.0521. The van der Waals surface area contributed by atoms with Gasteiger partial charge in [-0.05, 0) is 61.4 Å². The van der Waals surface area contributed by atoms with E-state index in [1.54, 1.807) is 0 Å². The molecule has 4 aromatic carbocycles. The molecule has 6 rings (SSSR count). The van der Waals surface area contributed by atoms with Gasteiger partial charge in [0.2, 0.25) is 5.72 Å². The van der Waals surface area contributed by atoms with E-state index >= 15 is 0 Å². The van der Waals surface area contributed by atoms with E-state index in [4.69, 9.17) is 4.74 Å². The number of ether oxygens (including phenoxy) is 1. The van der Waals surface area contributed by atoms with Crippen molar-refractivity contribution in [3.63, 3.8) is 0 Å². The zero-order valence-corrected chi connectivity index (χ0v) is 19.9. The van der Waals surface area contributed by atoms with Crippen LogP contribution in [0.25, 0.3) is 6.08 Å². The van der Waals surface area contributed by atoms with E-state index in [9.17, 15) is 4.79 Å². The van der Waals surface area contributed by atoms with Crippen LogP contribution in [0.2, 0.25) is 0 Å². The first-order chi connectivity index (χ1) is 17.0. The van der Waals surface area contributed by atoms with Gasteiger partial charge in [0, 0.05) is 28.9 Å². The van der Waals surface area contributed by atoms with Gasteiger partial charge in [-0.15, -0.1) is 0 Å². The molecule has 0 saturated heterocycles. The van der Waals surface area contributed by atoms with Gasteiger partial charge in [0.05, 0.1) is 5.41 Å². The molecule has 1 unspecified atom stereocenters. The minimum absolute atomic E-state index is 0.0152. The molecule has 0 aromatic heterocycles. The van der Waals surface area contributed by atoms with Gasteiger partial charge in [0.15, 0.2) is 5.78 Å². The summed E-state index contributed by atoms with van der Waals surface area (Å²) in [4.78, 5) is 15.4. The first-order valence-electron chi connectivity index (χ1n) is 12.0. The van der Waals surface area contributed by atoms with E-state index in [0.29, 0.717) is 11.1 Å². The number of anilines is 1. The van der Waals surface area contributed by atoms with Crippen molar-refractivity contribution in [1.82, 2.24) is 0 Å². The molecule has 0 fully saturated rings. The van der Waals surface area contributed by atoms with E-state index in [1.165, 1.54) is 16.8 Å². The quantitative estimate of drug-likeness (QED) is 0.309. The van der Waals surface area contributed by atoms with Crippen LogP contribution in [0.5, 0.6) is 5.75 Å². The number of carbonyl (C=O) groups excluding carboxylic acids is 1. The van der Waals surface area contributed by atoms with Gasteiger partial charge in [-0.25, -0.2) is 0 Å². The van der Waals surface area contributed by atoms with E-state index < -0.39 is 5.72 Å². The van der Waals surface area contributed by atoms with Crippen LogP contribution >= 0.6 is 0 Å². The molecule has 0 aliphatic carbocycles. The normalized spacial score (nSPS) is 19.2. The summed E-state index contributed by atoms with van der Waals surface area (Å²) < 4.78 is 6.93. The Balaban J connectivity index is 1.42. The SMILES string of the molecule is CC1(C)c2ccccc2N(Cc2ccccc2)C12C=Cc1cc(C(=O)c3ccccc3)ccc1O2. The van der Waals surface area contributed by atoms with Crippen LogP contribution < -0.4 is 9.64 Å². The smallest absolute Gasteiger partial charge is 0.212 e. The highest BCUT2D eigenvalue weighted by Crippen LogP contribution is 2.55. The number of hydrogen-bond donors (Lipinski definition) is 0. The number of rotatable bonds is 4. The summed E-state index contributed by atoms with van der Waals surface area (Å²) in [6.45, 7) is 5.23. The number of ketones is 1. The maximum absolute atomic E-state index is 13.0. The van der Waals surface area contributed by atoms with Crippen LogP contribution in [0.15, 0.2) is 109 Å². The minimum Gasteiger partial charge on any atom is -0.463 e. The minimum atomic E-state index is -0.690. The Hall–Kier alpha value is -4.11. The molecule has 1 spiro atoms. The highest BCUT2D eigenvalue weighted by atomic mass is 16.5. The summed E-state index contributed by atoms with van der Waals surface area (Å²) in [6.07, 6.45) is 4.29. The topological polar surface area (TPSA) is 29.5 Å². The lowest BCUT2D eigenvalue weighted by atomic mass is 9.76. The van der Waals surface area contributed by atoms with Crippen molar-refractivity contribution in [2.45, 2.75) is 31.5 Å². The Labute approximate surface area is 206 Å². The Morgan fingerprint density at radius 2 is 1.49 bits per heavy atom. The van der Waals surface area contributed by atoms with Crippen molar-refractivity contribution in [2.75, 3.05) is 4.90 Å². The molecular formula is C32H27NO2. The van der Waals surface area contributed by atoms with Crippen LogP contribution in [-0.2, 0) is 12.0 Å². The van der Waals surface area contributed by atoms with Crippen LogP contribution in [0, 0.1) is 0 Å². The second-order valence-corrected chi connectivity index (χ2v) is 9.79. The molecule has 2 heterocycles. The fraction of sp³-hybridized carbons (Fsp3) is 0.156.